The summed E-state index contributed by atoms with van der Waals surface area (Å²) in [6, 6.07) is 17.9. The van der Waals surface area contributed by atoms with Gasteiger partial charge >= 0.3 is 0 Å². The van der Waals surface area contributed by atoms with Gasteiger partial charge < -0.3 is 5.32 Å². The summed E-state index contributed by atoms with van der Waals surface area (Å²) in [6.07, 6.45) is 0.971. The van der Waals surface area contributed by atoms with E-state index in [1.165, 1.54) is 0 Å². The van der Waals surface area contributed by atoms with E-state index in [4.69, 9.17) is 0 Å². The molecule has 2 aromatic rings. The molecule has 2 atom stereocenters. The molecule has 0 aliphatic carbocycles. The first kappa shape index (κ1) is 16.0. The van der Waals surface area contributed by atoms with Gasteiger partial charge in [-0.1, -0.05) is 62.7 Å². The highest BCUT2D eigenvalue weighted by molar-refractivity contribution is 14.1. The van der Waals surface area contributed by atoms with Gasteiger partial charge in [0.1, 0.15) is 0 Å². The lowest BCUT2D eigenvalue weighted by molar-refractivity contribution is -0.118. The Balaban J connectivity index is 2.25. The number of benzene rings is 2. The molecule has 21 heavy (non-hydrogen) atoms. The van der Waals surface area contributed by atoms with E-state index >= 15 is 0 Å². The normalized spacial score (nSPS) is 13.5. The van der Waals surface area contributed by atoms with Gasteiger partial charge in [0.2, 0.25) is 5.91 Å². The number of para-hydroxylation sites is 1. The van der Waals surface area contributed by atoms with Crippen LogP contribution in [0.3, 0.4) is 0 Å². The maximum Gasteiger partial charge on any atom is 0.232 e. The number of hydrogen-bond acceptors (Lipinski definition) is 1. The van der Waals surface area contributed by atoms with Gasteiger partial charge in [0.05, 0.1) is 11.6 Å². The maximum atomic E-state index is 12.8. The quantitative estimate of drug-likeness (QED) is 0.707. The summed E-state index contributed by atoms with van der Waals surface area (Å²) in [7, 11) is 0. The zero-order valence-corrected chi connectivity index (χ0v) is 14.5. The maximum absolute atomic E-state index is 12.8. The zero-order chi connectivity index (χ0) is 15.2. The standard InChI is InChI=1S/C18H20INO/c1-3-13(2)17(14-9-5-4-6-10-14)18(21)20-16-12-8-7-11-15(16)19/h4-13,17H,3H2,1-2H3,(H,20,21)/t13-,17-/m1/s1. The van der Waals surface area contributed by atoms with Gasteiger partial charge in [-0.3, -0.25) is 4.79 Å². The molecule has 2 aromatic carbocycles. The molecule has 0 spiro atoms. The number of hydrogen-bond donors (Lipinski definition) is 1. The monoisotopic (exact) mass is 393 g/mol. The number of rotatable bonds is 5. The van der Waals surface area contributed by atoms with Crippen LogP contribution in [-0.4, -0.2) is 5.91 Å². The summed E-state index contributed by atoms with van der Waals surface area (Å²) in [5.74, 6) is 0.251. The molecule has 0 aliphatic heterocycles. The molecule has 0 unspecified atom stereocenters. The summed E-state index contributed by atoms with van der Waals surface area (Å²) in [4.78, 5) is 12.8. The van der Waals surface area contributed by atoms with Crippen molar-refractivity contribution in [1.29, 1.82) is 0 Å². The van der Waals surface area contributed by atoms with Gasteiger partial charge in [0.15, 0.2) is 0 Å². The van der Waals surface area contributed by atoms with Crippen molar-refractivity contribution in [3.05, 3.63) is 63.7 Å². The summed E-state index contributed by atoms with van der Waals surface area (Å²) in [5, 5.41) is 3.08. The largest absolute Gasteiger partial charge is 0.325 e. The second-order valence-corrected chi connectivity index (χ2v) is 6.41. The summed E-state index contributed by atoms with van der Waals surface area (Å²) >= 11 is 2.24. The van der Waals surface area contributed by atoms with Crippen LogP contribution in [0.1, 0.15) is 31.7 Å². The van der Waals surface area contributed by atoms with Crippen molar-refractivity contribution in [2.75, 3.05) is 5.32 Å². The van der Waals surface area contributed by atoms with E-state index in [1.54, 1.807) is 0 Å². The van der Waals surface area contributed by atoms with E-state index in [2.05, 4.69) is 41.8 Å². The molecule has 0 radical (unpaired) electrons. The summed E-state index contributed by atoms with van der Waals surface area (Å²) in [6.45, 7) is 4.26. The van der Waals surface area contributed by atoms with Gasteiger partial charge in [-0.05, 0) is 46.2 Å². The molecule has 1 N–H and O–H groups in total. The Morgan fingerprint density at radius 2 is 1.71 bits per heavy atom. The van der Waals surface area contributed by atoms with Gasteiger partial charge in [-0.2, -0.15) is 0 Å². The Hall–Kier alpha value is -1.36. The molecule has 2 nitrogen and oxygen atoms in total. The van der Waals surface area contributed by atoms with Gasteiger partial charge in [0, 0.05) is 3.57 Å². The Kier molecular flexibility index (Phi) is 5.79. The number of carbonyl (C=O) groups is 1. The molecule has 1 amide bonds. The number of halogens is 1. The third kappa shape index (κ3) is 4.06. The van der Waals surface area contributed by atoms with E-state index in [1.807, 2.05) is 54.6 Å². The van der Waals surface area contributed by atoms with Crippen molar-refractivity contribution in [3.8, 4) is 0 Å². The van der Waals surface area contributed by atoms with Crippen molar-refractivity contribution in [1.82, 2.24) is 0 Å². The summed E-state index contributed by atoms with van der Waals surface area (Å²) < 4.78 is 1.06. The number of amides is 1. The summed E-state index contributed by atoms with van der Waals surface area (Å²) in [5.41, 5.74) is 1.96. The fraction of sp³-hybridized carbons (Fsp3) is 0.278. The minimum Gasteiger partial charge on any atom is -0.325 e. The van der Waals surface area contributed by atoms with Gasteiger partial charge in [-0.25, -0.2) is 0 Å². The third-order valence-corrected chi connectivity index (χ3v) is 4.73. The Morgan fingerprint density at radius 3 is 2.33 bits per heavy atom. The molecule has 110 valence electrons. The highest BCUT2D eigenvalue weighted by atomic mass is 127. The molecule has 0 bridgehead atoms. The van der Waals surface area contributed by atoms with E-state index in [0.717, 1.165) is 21.2 Å². The smallest absolute Gasteiger partial charge is 0.232 e. The molecule has 0 saturated carbocycles. The number of carbonyl (C=O) groups excluding carboxylic acids is 1. The van der Waals surface area contributed by atoms with E-state index < -0.39 is 0 Å². The first-order chi connectivity index (χ1) is 10.1. The van der Waals surface area contributed by atoms with Gasteiger partial charge in [-0.15, -0.1) is 0 Å². The van der Waals surface area contributed by atoms with Gasteiger partial charge in [0.25, 0.3) is 0 Å². The van der Waals surface area contributed by atoms with Crippen molar-refractivity contribution in [2.45, 2.75) is 26.2 Å². The van der Waals surface area contributed by atoms with Crippen molar-refractivity contribution < 1.29 is 4.79 Å². The highest BCUT2D eigenvalue weighted by Gasteiger charge is 2.26. The molecule has 0 aliphatic rings. The topological polar surface area (TPSA) is 29.1 Å². The fourth-order valence-corrected chi connectivity index (χ4v) is 2.93. The Bertz CT molecular complexity index is 597. The third-order valence-electron chi connectivity index (χ3n) is 3.79. The van der Waals surface area contributed by atoms with Crippen LogP contribution in [0.2, 0.25) is 0 Å². The minimum absolute atomic E-state index is 0.0691. The molecule has 0 saturated heterocycles. The highest BCUT2D eigenvalue weighted by Crippen LogP contribution is 2.29. The minimum atomic E-state index is -0.118. The lowest BCUT2D eigenvalue weighted by Crippen LogP contribution is -2.26. The van der Waals surface area contributed by atoms with Crippen LogP contribution in [-0.2, 0) is 4.79 Å². The Labute approximate surface area is 140 Å². The second-order valence-electron chi connectivity index (χ2n) is 5.24. The predicted octanol–water partition coefficient (Wildman–Crippen LogP) is 5.06. The lowest BCUT2D eigenvalue weighted by Gasteiger charge is -2.23. The SMILES string of the molecule is CC[C@@H](C)[C@@H](C(=O)Nc1ccccc1I)c1ccccc1. The molecule has 2 rings (SSSR count). The van der Waals surface area contributed by atoms with Crippen molar-refractivity contribution in [3.63, 3.8) is 0 Å². The van der Waals surface area contributed by atoms with Crippen LogP contribution in [0.25, 0.3) is 0 Å². The fourth-order valence-electron chi connectivity index (χ4n) is 2.41. The Morgan fingerprint density at radius 1 is 1.10 bits per heavy atom. The molecule has 0 fully saturated rings. The van der Waals surface area contributed by atoms with Crippen LogP contribution < -0.4 is 5.32 Å². The van der Waals surface area contributed by atoms with Crippen LogP contribution in [0, 0.1) is 9.49 Å². The number of nitrogens with one attached hydrogen (secondary N) is 1. The first-order valence-electron chi connectivity index (χ1n) is 7.23. The number of anilines is 1. The van der Waals surface area contributed by atoms with Crippen LogP contribution >= 0.6 is 22.6 Å². The molecule has 0 aromatic heterocycles. The lowest BCUT2D eigenvalue weighted by atomic mass is 9.85. The molecular weight excluding hydrogens is 373 g/mol. The molecule has 3 heteroatoms. The molecular formula is C18H20INO. The molecule has 0 heterocycles. The van der Waals surface area contributed by atoms with Crippen molar-refractivity contribution in [2.24, 2.45) is 5.92 Å². The average molecular weight is 393 g/mol. The van der Waals surface area contributed by atoms with Crippen molar-refractivity contribution >= 4 is 34.2 Å². The first-order valence-corrected chi connectivity index (χ1v) is 8.31. The van der Waals surface area contributed by atoms with Crippen LogP contribution in [0.4, 0.5) is 5.69 Å². The van der Waals surface area contributed by atoms with Crippen LogP contribution in [0.5, 0.6) is 0 Å². The van der Waals surface area contributed by atoms with E-state index in [-0.39, 0.29) is 11.8 Å². The zero-order valence-electron chi connectivity index (χ0n) is 12.3. The van der Waals surface area contributed by atoms with E-state index in [9.17, 15) is 4.79 Å². The predicted molar refractivity (Wildman–Crippen MR) is 96.4 cm³/mol. The van der Waals surface area contributed by atoms with E-state index in [0.29, 0.717) is 5.92 Å². The second kappa shape index (κ2) is 7.59. The van der Waals surface area contributed by atoms with Crippen LogP contribution in [0.15, 0.2) is 54.6 Å². The average Bonchev–Trinajstić information content (AvgIpc) is 2.50.